The lowest BCUT2D eigenvalue weighted by Crippen LogP contribution is -2.21. The van der Waals surface area contributed by atoms with Crippen LogP contribution in [0.4, 0.5) is 0 Å². The van der Waals surface area contributed by atoms with E-state index in [1.165, 1.54) is 0 Å². The Kier molecular flexibility index (Phi) is 3.64. The third kappa shape index (κ3) is 2.82. The number of hydrogen-bond donors (Lipinski definition) is 1. The van der Waals surface area contributed by atoms with Crippen LogP contribution in [-0.2, 0) is 4.79 Å². The van der Waals surface area contributed by atoms with E-state index in [9.17, 15) is 4.79 Å². The molecule has 0 aliphatic rings. The maximum Gasteiger partial charge on any atom is 0.230 e. The summed E-state index contributed by atoms with van der Waals surface area (Å²) in [5.74, 6) is 0. The van der Waals surface area contributed by atoms with Crippen molar-refractivity contribution in [2.45, 2.75) is 12.5 Å². The lowest BCUT2D eigenvalue weighted by molar-refractivity contribution is 0.558. The van der Waals surface area contributed by atoms with Crippen LogP contribution in [0.5, 0.6) is 0 Å². The van der Waals surface area contributed by atoms with Gasteiger partial charge in [-0.05, 0) is 6.42 Å². The average molecular weight is 124 g/mol. The monoisotopic (exact) mass is 124 g/mol. The molecule has 2 N–H and O–H groups in total. The molecule has 0 amide bonds. The lowest BCUT2D eigenvalue weighted by atomic mass is 10.1. The van der Waals surface area contributed by atoms with E-state index in [1.807, 2.05) is 0 Å². The molecule has 0 aliphatic heterocycles. The van der Waals surface area contributed by atoms with Gasteiger partial charge in [0, 0.05) is 11.6 Å². The summed E-state index contributed by atoms with van der Waals surface area (Å²) in [6.45, 7) is 6.86. The molecule has 0 aromatic rings. The first-order valence-electron chi connectivity index (χ1n) is 2.65. The quantitative estimate of drug-likeness (QED) is 0.439. The van der Waals surface area contributed by atoms with Crippen LogP contribution < -0.4 is 5.73 Å². The molecule has 0 spiro atoms. The molecule has 0 fully saturated rings. The molecular weight excluding hydrogens is 114 g/mol. The first-order chi connectivity index (χ1) is 4.22. The van der Waals surface area contributed by atoms with Gasteiger partial charge in [-0.1, -0.05) is 12.7 Å². The van der Waals surface area contributed by atoms with E-state index in [-0.39, 0.29) is 6.04 Å². The van der Waals surface area contributed by atoms with Gasteiger partial charge >= 0.3 is 0 Å². The van der Waals surface area contributed by atoms with Crippen molar-refractivity contribution >= 4 is 6.29 Å². The molecule has 0 rings (SSSR count). The van der Waals surface area contributed by atoms with Crippen molar-refractivity contribution < 1.29 is 4.79 Å². The van der Waals surface area contributed by atoms with E-state index in [1.54, 1.807) is 12.4 Å². The van der Waals surface area contributed by atoms with E-state index in [4.69, 9.17) is 5.73 Å². The molecule has 0 aromatic carbocycles. The van der Waals surface area contributed by atoms with Crippen LogP contribution in [0.2, 0.25) is 0 Å². The molecule has 0 heterocycles. The summed E-state index contributed by atoms with van der Waals surface area (Å²) in [7, 11) is 0. The highest BCUT2D eigenvalue weighted by molar-refractivity contribution is 5.74. The number of carbonyl (C=O) groups excluding carboxylic acids is 1. The zero-order valence-corrected chi connectivity index (χ0v) is 5.26. The Morgan fingerprint density at radius 2 is 2.44 bits per heavy atom. The summed E-state index contributed by atoms with van der Waals surface area (Å²) in [6, 6.07) is -0.306. The number of nitrogens with two attached hydrogens (primary N) is 1. The fourth-order valence-electron chi connectivity index (χ4n) is 0.398. The second-order valence-electron chi connectivity index (χ2n) is 1.76. The number of rotatable bonds is 4. The van der Waals surface area contributed by atoms with Crippen molar-refractivity contribution in [1.82, 2.24) is 0 Å². The maximum absolute atomic E-state index is 9.88. The molecule has 0 saturated heterocycles. The highest BCUT2D eigenvalue weighted by Gasteiger charge is 2.02. The molecule has 0 aromatic heterocycles. The van der Waals surface area contributed by atoms with Crippen LogP contribution in [0.25, 0.3) is 0 Å². The fraction of sp³-hybridized carbons (Fsp3) is 0.286. The van der Waals surface area contributed by atoms with E-state index in [2.05, 4.69) is 13.2 Å². The highest BCUT2D eigenvalue weighted by atomic mass is 16.1. The first kappa shape index (κ1) is 8.11. The van der Waals surface area contributed by atoms with Gasteiger partial charge < -0.3 is 5.73 Å². The summed E-state index contributed by atoms with van der Waals surface area (Å²) in [5, 5.41) is 0. The first-order valence-corrected chi connectivity index (χ1v) is 2.65. The SMILES string of the molecule is C=CCC(N)C(=C)[C]=O. The second kappa shape index (κ2) is 4.04. The van der Waals surface area contributed by atoms with Gasteiger partial charge in [0.1, 0.15) is 0 Å². The standard InChI is InChI=1S/C7H10NO/c1-3-4-7(8)6(2)5-9/h3,7H,1-2,4,8H2. The van der Waals surface area contributed by atoms with Crippen molar-refractivity contribution in [3.63, 3.8) is 0 Å². The van der Waals surface area contributed by atoms with Gasteiger partial charge in [0.25, 0.3) is 0 Å². The lowest BCUT2D eigenvalue weighted by Gasteiger charge is -2.03. The molecular formula is C7H10NO. The van der Waals surface area contributed by atoms with E-state index in [0.29, 0.717) is 12.0 Å². The minimum atomic E-state index is -0.306. The Balaban J connectivity index is 3.71. The minimum absolute atomic E-state index is 0.301. The van der Waals surface area contributed by atoms with E-state index < -0.39 is 0 Å². The Morgan fingerprint density at radius 1 is 1.89 bits per heavy atom. The predicted molar refractivity (Wildman–Crippen MR) is 37.6 cm³/mol. The molecule has 49 valence electrons. The van der Waals surface area contributed by atoms with Crippen LogP contribution in [-0.4, -0.2) is 12.3 Å². The third-order valence-electron chi connectivity index (χ3n) is 0.999. The fourth-order valence-corrected chi connectivity index (χ4v) is 0.398. The third-order valence-corrected chi connectivity index (χ3v) is 0.999. The largest absolute Gasteiger partial charge is 0.324 e. The van der Waals surface area contributed by atoms with Crippen LogP contribution in [0.3, 0.4) is 0 Å². The molecule has 1 radical (unpaired) electrons. The Labute approximate surface area is 55.1 Å². The van der Waals surface area contributed by atoms with Gasteiger partial charge in [0.05, 0.1) is 0 Å². The van der Waals surface area contributed by atoms with Crippen molar-refractivity contribution in [1.29, 1.82) is 0 Å². The van der Waals surface area contributed by atoms with E-state index >= 15 is 0 Å². The predicted octanol–water partition coefficient (Wildman–Crippen LogP) is 0.556. The zero-order valence-electron chi connectivity index (χ0n) is 5.26. The molecule has 0 saturated carbocycles. The Bertz CT molecular complexity index is 129. The number of hydrogen-bond acceptors (Lipinski definition) is 2. The zero-order chi connectivity index (χ0) is 7.28. The smallest absolute Gasteiger partial charge is 0.230 e. The maximum atomic E-state index is 9.88. The highest BCUT2D eigenvalue weighted by Crippen LogP contribution is 1.97. The van der Waals surface area contributed by atoms with Crippen molar-refractivity contribution in [3.8, 4) is 0 Å². The van der Waals surface area contributed by atoms with Gasteiger partial charge in [-0.3, -0.25) is 4.79 Å². The van der Waals surface area contributed by atoms with Crippen LogP contribution >= 0.6 is 0 Å². The molecule has 0 aliphatic carbocycles. The van der Waals surface area contributed by atoms with Crippen LogP contribution in [0.15, 0.2) is 24.8 Å². The molecule has 0 bridgehead atoms. The van der Waals surface area contributed by atoms with Gasteiger partial charge in [-0.15, -0.1) is 6.58 Å². The van der Waals surface area contributed by atoms with Gasteiger partial charge in [0.15, 0.2) is 0 Å². The molecule has 2 nitrogen and oxygen atoms in total. The van der Waals surface area contributed by atoms with Gasteiger partial charge in [-0.2, -0.15) is 0 Å². The molecule has 1 atom stereocenters. The van der Waals surface area contributed by atoms with Crippen LogP contribution in [0.1, 0.15) is 6.42 Å². The summed E-state index contributed by atoms with van der Waals surface area (Å²) in [6.07, 6.45) is 3.86. The van der Waals surface area contributed by atoms with Crippen LogP contribution in [0, 0.1) is 0 Å². The summed E-state index contributed by atoms with van der Waals surface area (Å²) in [4.78, 5) is 9.88. The van der Waals surface area contributed by atoms with Gasteiger partial charge in [0.2, 0.25) is 6.29 Å². The Morgan fingerprint density at radius 3 is 2.78 bits per heavy atom. The van der Waals surface area contributed by atoms with Gasteiger partial charge in [-0.25, -0.2) is 0 Å². The summed E-state index contributed by atoms with van der Waals surface area (Å²) in [5.41, 5.74) is 5.71. The van der Waals surface area contributed by atoms with Crippen molar-refractivity contribution in [2.24, 2.45) is 5.73 Å². The Hall–Kier alpha value is -0.890. The average Bonchev–Trinajstić information content (AvgIpc) is 1.87. The van der Waals surface area contributed by atoms with E-state index in [0.717, 1.165) is 0 Å². The second-order valence-corrected chi connectivity index (χ2v) is 1.76. The van der Waals surface area contributed by atoms with Crippen molar-refractivity contribution in [2.75, 3.05) is 0 Å². The molecule has 1 unspecified atom stereocenters. The summed E-state index contributed by atoms with van der Waals surface area (Å²) < 4.78 is 0. The summed E-state index contributed by atoms with van der Waals surface area (Å²) >= 11 is 0. The molecule has 2 heteroatoms. The van der Waals surface area contributed by atoms with Crippen molar-refractivity contribution in [3.05, 3.63) is 24.8 Å². The topological polar surface area (TPSA) is 43.1 Å². The molecule has 9 heavy (non-hydrogen) atoms. The normalized spacial score (nSPS) is 12.1. The minimum Gasteiger partial charge on any atom is -0.324 e.